The van der Waals surface area contributed by atoms with Crippen molar-refractivity contribution in [2.45, 2.75) is 11.3 Å². The van der Waals surface area contributed by atoms with Crippen molar-refractivity contribution in [3.05, 3.63) is 35.4 Å². The van der Waals surface area contributed by atoms with E-state index in [4.69, 9.17) is 17.3 Å². The van der Waals surface area contributed by atoms with Gasteiger partial charge in [0.1, 0.15) is 5.52 Å². The van der Waals surface area contributed by atoms with Gasteiger partial charge in [-0.1, -0.05) is 11.6 Å². The van der Waals surface area contributed by atoms with E-state index in [1.807, 2.05) is 6.07 Å². The van der Waals surface area contributed by atoms with Crippen LogP contribution in [0, 0.1) is 11.8 Å². The highest BCUT2D eigenvalue weighted by molar-refractivity contribution is 7.89. The second kappa shape index (κ2) is 5.42. The summed E-state index contributed by atoms with van der Waals surface area (Å²) in [6, 6.07) is 8.39. The number of rotatable bonds is 3. The summed E-state index contributed by atoms with van der Waals surface area (Å²) in [7, 11) is -3.50. The Bertz CT molecular complexity index is 1130. The van der Waals surface area contributed by atoms with Crippen LogP contribution in [0.2, 0.25) is 5.02 Å². The number of halogens is 1. The lowest BCUT2D eigenvalue weighted by molar-refractivity contribution is 0.443. The highest BCUT2D eigenvalue weighted by Gasteiger charge is 2.49. The Kier molecular flexibility index (Phi) is 3.34. The first-order valence-corrected chi connectivity index (χ1v) is 10.2. The van der Waals surface area contributed by atoms with Gasteiger partial charge < -0.3 is 5.73 Å². The number of sulfonamides is 1. The lowest BCUT2D eigenvalue weighted by atomic mass is 10.1. The minimum Gasteiger partial charge on any atom is -0.380 e. The van der Waals surface area contributed by atoms with Gasteiger partial charge in [0.15, 0.2) is 5.82 Å². The molecule has 2 fully saturated rings. The number of anilines is 1. The fraction of sp³-hybridized carbons (Fsp3) is 0.294. The molecule has 9 heteroatoms. The van der Waals surface area contributed by atoms with Crippen LogP contribution in [0.5, 0.6) is 0 Å². The molecule has 1 aliphatic heterocycles. The molecule has 134 valence electrons. The maximum atomic E-state index is 12.8. The van der Waals surface area contributed by atoms with Gasteiger partial charge in [-0.15, -0.1) is 0 Å². The zero-order valence-corrected chi connectivity index (χ0v) is 15.3. The molecule has 26 heavy (non-hydrogen) atoms. The summed E-state index contributed by atoms with van der Waals surface area (Å²) < 4.78 is 27.2. The average Bonchev–Trinajstić information content (AvgIpc) is 3.06. The zero-order chi connectivity index (χ0) is 18.1. The second-order valence-corrected chi connectivity index (χ2v) is 9.27. The van der Waals surface area contributed by atoms with E-state index in [0.717, 1.165) is 11.9 Å². The molecule has 0 amide bonds. The number of nitrogens with zero attached hydrogens (tertiary/aromatic N) is 3. The van der Waals surface area contributed by atoms with Crippen LogP contribution in [0.3, 0.4) is 0 Å². The van der Waals surface area contributed by atoms with E-state index in [9.17, 15) is 8.42 Å². The number of hydrogen-bond acceptors (Lipinski definition) is 5. The molecule has 3 heterocycles. The third-order valence-electron chi connectivity index (χ3n) is 5.23. The molecule has 3 aromatic rings. The van der Waals surface area contributed by atoms with E-state index in [0.29, 0.717) is 52.5 Å². The van der Waals surface area contributed by atoms with Crippen molar-refractivity contribution in [1.29, 1.82) is 0 Å². The molecule has 3 N–H and O–H groups in total. The van der Waals surface area contributed by atoms with Gasteiger partial charge in [-0.25, -0.2) is 13.4 Å². The molecule has 0 radical (unpaired) electrons. The SMILES string of the molecule is Nc1n[nH]c2ccc(-c3ccc(S(=O)(=O)N4CC5CC5C4)cc3Cl)nc12. The average molecular weight is 390 g/mol. The van der Waals surface area contributed by atoms with Gasteiger partial charge in [0.25, 0.3) is 0 Å². The summed E-state index contributed by atoms with van der Waals surface area (Å²) >= 11 is 6.40. The highest BCUT2D eigenvalue weighted by atomic mass is 35.5. The number of nitrogens with one attached hydrogen (secondary N) is 1. The van der Waals surface area contributed by atoms with Crippen LogP contribution in [-0.4, -0.2) is 41.0 Å². The molecule has 1 aromatic carbocycles. The van der Waals surface area contributed by atoms with E-state index in [1.54, 1.807) is 22.5 Å². The van der Waals surface area contributed by atoms with Crippen LogP contribution in [0.25, 0.3) is 22.3 Å². The monoisotopic (exact) mass is 389 g/mol. The number of benzene rings is 1. The van der Waals surface area contributed by atoms with Crippen molar-refractivity contribution >= 4 is 38.5 Å². The second-order valence-electron chi connectivity index (χ2n) is 6.92. The summed E-state index contributed by atoms with van der Waals surface area (Å²) in [4.78, 5) is 4.71. The molecule has 7 nitrogen and oxygen atoms in total. The van der Waals surface area contributed by atoms with Crippen molar-refractivity contribution in [1.82, 2.24) is 19.5 Å². The quantitative estimate of drug-likeness (QED) is 0.716. The first-order chi connectivity index (χ1) is 12.4. The summed E-state index contributed by atoms with van der Waals surface area (Å²) in [5, 5.41) is 7.06. The molecule has 1 aliphatic carbocycles. The smallest absolute Gasteiger partial charge is 0.243 e. The first-order valence-electron chi connectivity index (χ1n) is 8.34. The molecule has 2 aliphatic rings. The fourth-order valence-electron chi connectivity index (χ4n) is 3.63. The van der Waals surface area contributed by atoms with Gasteiger partial charge in [-0.2, -0.15) is 9.40 Å². The van der Waals surface area contributed by atoms with Crippen LogP contribution in [-0.2, 0) is 10.0 Å². The van der Waals surface area contributed by atoms with Crippen LogP contribution in [0.1, 0.15) is 6.42 Å². The van der Waals surface area contributed by atoms with Crippen LogP contribution in [0.4, 0.5) is 5.82 Å². The molecule has 0 spiro atoms. The maximum absolute atomic E-state index is 12.8. The number of pyridine rings is 1. The molecule has 5 rings (SSSR count). The Morgan fingerprint density at radius 2 is 1.96 bits per heavy atom. The standard InChI is InChI=1S/C17H16ClN5O2S/c18-13-6-11(26(24,25)23-7-9-5-10(9)8-23)1-2-12(13)14-3-4-15-16(20-14)17(19)22-21-15/h1-4,6,9-10H,5,7-8H2,(H3,19,21,22). The minimum atomic E-state index is -3.50. The van der Waals surface area contributed by atoms with Crippen molar-refractivity contribution in [2.24, 2.45) is 11.8 Å². The molecular formula is C17H16ClN5O2S. The number of nitrogen functional groups attached to an aromatic ring is 1. The first kappa shape index (κ1) is 16.0. The molecule has 0 bridgehead atoms. The number of nitrogens with two attached hydrogens (primary N) is 1. The normalized spacial score (nSPS) is 22.7. The number of H-pyrrole nitrogens is 1. The third-order valence-corrected chi connectivity index (χ3v) is 7.37. The fourth-order valence-corrected chi connectivity index (χ4v) is 5.55. The summed E-state index contributed by atoms with van der Waals surface area (Å²) in [6.45, 7) is 1.23. The largest absolute Gasteiger partial charge is 0.380 e. The van der Waals surface area contributed by atoms with Crippen LogP contribution >= 0.6 is 11.6 Å². The molecule has 1 saturated carbocycles. The van der Waals surface area contributed by atoms with E-state index in [2.05, 4.69) is 15.2 Å². The lowest BCUT2D eigenvalue weighted by Crippen LogP contribution is -2.30. The Morgan fingerprint density at radius 3 is 2.69 bits per heavy atom. The van der Waals surface area contributed by atoms with Crippen molar-refractivity contribution in [3.8, 4) is 11.3 Å². The molecule has 2 unspecified atom stereocenters. The third kappa shape index (κ3) is 2.40. The Morgan fingerprint density at radius 1 is 1.19 bits per heavy atom. The van der Waals surface area contributed by atoms with Gasteiger partial charge in [0.05, 0.1) is 21.1 Å². The highest BCUT2D eigenvalue weighted by Crippen LogP contribution is 2.46. The van der Waals surface area contributed by atoms with Gasteiger partial charge in [0, 0.05) is 18.7 Å². The number of hydrogen-bond donors (Lipinski definition) is 2. The Balaban J connectivity index is 1.52. The van der Waals surface area contributed by atoms with Gasteiger partial charge in [-0.05, 0) is 48.6 Å². The van der Waals surface area contributed by atoms with Gasteiger partial charge >= 0.3 is 0 Å². The summed E-state index contributed by atoms with van der Waals surface area (Å²) in [5.41, 5.74) is 8.36. The van der Waals surface area contributed by atoms with Crippen molar-refractivity contribution < 1.29 is 8.42 Å². The summed E-state index contributed by atoms with van der Waals surface area (Å²) in [5.74, 6) is 1.39. The lowest BCUT2D eigenvalue weighted by Gasteiger charge is -2.18. The number of fused-ring (bicyclic) bond motifs is 2. The van der Waals surface area contributed by atoms with E-state index in [1.165, 1.54) is 6.07 Å². The minimum absolute atomic E-state index is 0.219. The van der Waals surface area contributed by atoms with Crippen molar-refractivity contribution in [3.63, 3.8) is 0 Å². The van der Waals surface area contributed by atoms with E-state index in [-0.39, 0.29) is 4.90 Å². The topological polar surface area (TPSA) is 105 Å². The zero-order valence-electron chi connectivity index (χ0n) is 13.7. The molecule has 1 saturated heterocycles. The predicted octanol–water partition coefficient (Wildman–Crippen LogP) is 2.50. The molecular weight excluding hydrogens is 374 g/mol. The Labute approximate surface area is 155 Å². The van der Waals surface area contributed by atoms with Gasteiger partial charge in [-0.3, -0.25) is 5.10 Å². The summed E-state index contributed by atoms with van der Waals surface area (Å²) in [6.07, 6.45) is 1.15. The van der Waals surface area contributed by atoms with Gasteiger partial charge in [0.2, 0.25) is 10.0 Å². The van der Waals surface area contributed by atoms with Crippen molar-refractivity contribution in [2.75, 3.05) is 18.8 Å². The molecule has 2 aromatic heterocycles. The van der Waals surface area contributed by atoms with E-state index < -0.39 is 10.0 Å². The maximum Gasteiger partial charge on any atom is 0.243 e. The van der Waals surface area contributed by atoms with E-state index >= 15 is 0 Å². The molecule has 2 atom stereocenters. The van der Waals surface area contributed by atoms with Crippen LogP contribution < -0.4 is 5.73 Å². The predicted molar refractivity (Wildman–Crippen MR) is 99.1 cm³/mol. The van der Waals surface area contributed by atoms with Crippen LogP contribution in [0.15, 0.2) is 35.2 Å². The number of aromatic nitrogens is 3. The Hall–Kier alpha value is -2.16. The number of piperidine rings is 1. The number of aromatic amines is 1.